The Balaban J connectivity index is 2.36. The third-order valence-corrected chi connectivity index (χ3v) is 3.34. The van der Waals surface area contributed by atoms with Crippen LogP contribution in [-0.2, 0) is 0 Å². The van der Waals surface area contributed by atoms with E-state index in [2.05, 4.69) is 10.6 Å². The highest BCUT2D eigenvalue weighted by atomic mass is 16.6. The van der Waals surface area contributed by atoms with E-state index in [1.165, 1.54) is 32.4 Å². The SMILES string of the molecule is CNc1ccc([N+](=O)[O-])cc1C(=O)Nc1cc(OC)cc(OC)c1. The summed E-state index contributed by atoms with van der Waals surface area (Å²) in [6.07, 6.45) is 0. The predicted octanol–water partition coefficient (Wildman–Crippen LogP) is 2.91. The highest BCUT2D eigenvalue weighted by Crippen LogP contribution is 2.27. The van der Waals surface area contributed by atoms with Crippen molar-refractivity contribution in [3.8, 4) is 11.5 Å². The van der Waals surface area contributed by atoms with Gasteiger partial charge in [-0.05, 0) is 6.07 Å². The van der Waals surface area contributed by atoms with Crippen LogP contribution in [-0.4, -0.2) is 32.1 Å². The summed E-state index contributed by atoms with van der Waals surface area (Å²) in [6, 6.07) is 8.95. The Kier molecular flexibility index (Phi) is 5.20. The van der Waals surface area contributed by atoms with Crippen molar-refractivity contribution in [2.45, 2.75) is 0 Å². The highest BCUT2D eigenvalue weighted by Gasteiger charge is 2.17. The Morgan fingerprint density at radius 1 is 1.08 bits per heavy atom. The maximum atomic E-state index is 12.5. The number of methoxy groups -OCH3 is 2. The van der Waals surface area contributed by atoms with Crippen LogP contribution in [0.5, 0.6) is 11.5 Å². The number of rotatable bonds is 6. The van der Waals surface area contributed by atoms with E-state index in [1.807, 2.05) is 0 Å². The lowest BCUT2D eigenvalue weighted by atomic mass is 10.1. The van der Waals surface area contributed by atoms with Gasteiger partial charge in [-0.1, -0.05) is 0 Å². The van der Waals surface area contributed by atoms with Crippen LogP contribution < -0.4 is 20.1 Å². The molecule has 0 saturated heterocycles. The number of nitro groups is 1. The summed E-state index contributed by atoms with van der Waals surface area (Å²) in [6.45, 7) is 0. The normalized spacial score (nSPS) is 9.96. The molecule has 2 N–H and O–H groups in total. The molecular formula is C16H17N3O5. The molecule has 0 unspecified atom stereocenters. The standard InChI is InChI=1S/C16H17N3O5/c1-17-15-5-4-11(19(21)22)8-14(15)16(20)18-10-6-12(23-2)9-13(7-10)24-3/h4-9,17H,1-3H3,(H,18,20). The third kappa shape index (κ3) is 3.72. The molecule has 0 aliphatic rings. The average molecular weight is 331 g/mol. The van der Waals surface area contributed by atoms with Crippen molar-refractivity contribution in [2.24, 2.45) is 0 Å². The van der Waals surface area contributed by atoms with Gasteiger partial charge in [0.25, 0.3) is 11.6 Å². The van der Waals surface area contributed by atoms with E-state index in [1.54, 1.807) is 25.2 Å². The van der Waals surface area contributed by atoms with Gasteiger partial charge in [-0.2, -0.15) is 0 Å². The number of nitrogens with one attached hydrogen (secondary N) is 2. The van der Waals surface area contributed by atoms with Gasteiger partial charge in [0.15, 0.2) is 0 Å². The van der Waals surface area contributed by atoms with Gasteiger partial charge in [0.2, 0.25) is 0 Å². The highest BCUT2D eigenvalue weighted by molar-refractivity contribution is 6.08. The van der Waals surface area contributed by atoms with Crippen LogP contribution >= 0.6 is 0 Å². The number of carbonyl (C=O) groups is 1. The smallest absolute Gasteiger partial charge is 0.270 e. The molecule has 0 heterocycles. The van der Waals surface area contributed by atoms with Crippen molar-refractivity contribution in [3.63, 3.8) is 0 Å². The minimum Gasteiger partial charge on any atom is -0.497 e. The van der Waals surface area contributed by atoms with Crippen molar-refractivity contribution in [1.82, 2.24) is 0 Å². The van der Waals surface area contributed by atoms with Gasteiger partial charge in [-0.15, -0.1) is 0 Å². The molecule has 2 rings (SSSR count). The lowest BCUT2D eigenvalue weighted by Gasteiger charge is -2.12. The quantitative estimate of drug-likeness (QED) is 0.623. The number of carbonyl (C=O) groups excluding carboxylic acids is 1. The number of benzene rings is 2. The zero-order valence-electron chi connectivity index (χ0n) is 13.5. The lowest BCUT2D eigenvalue weighted by Crippen LogP contribution is -2.14. The number of nitro benzene ring substituents is 1. The van der Waals surface area contributed by atoms with Gasteiger partial charge in [-0.25, -0.2) is 0 Å². The summed E-state index contributed by atoms with van der Waals surface area (Å²) >= 11 is 0. The van der Waals surface area contributed by atoms with E-state index in [0.717, 1.165) is 0 Å². The Hall–Kier alpha value is -3.29. The molecule has 126 valence electrons. The van der Waals surface area contributed by atoms with Gasteiger partial charge in [0, 0.05) is 48.8 Å². The van der Waals surface area contributed by atoms with Crippen LogP contribution in [0.4, 0.5) is 17.1 Å². The summed E-state index contributed by atoms with van der Waals surface area (Å²) in [7, 11) is 4.63. The molecule has 24 heavy (non-hydrogen) atoms. The molecule has 0 atom stereocenters. The Bertz CT molecular complexity index is 754. The summed E-state index contributed by atoms with van der Waals surface area (Å²) in [4.78, 5) is 22.9. The van der Waals surface area contributed by atoms with Gasteiger partial charge in [0.1, 0.15) is 11.5 Å². The fourth-order valence-electron chi connectivity index (χ4n) is 2.13. The molecule has 0 fully saturated rings. The number of amides is 1. The summed E-state index contributed by atoms with van der Waals surface area (Å²) in [5.41, 5.74) is 0.925. The molecule has 0 aliphatic carbocycles. The molecule has 2 aromatic carbocycles. The monoisotopic (exact) mass is 331 g/mol. The molecule has 8 nitrogen and oxygen atoms in total. The molecule has 8 heteroatoms. The van der Waals surface area contributed by atoms with Gasteiger partial charge < -0.3 is 20.1 Å². The first kappa shape index (κ1) is 17.1. The van der Waals surface area contributed by atoms with Crippen LogP contribution in [0.3, 0.4) is 0 Å². The molecule has 0 aromatic heterocycles. The Labute approximate surface area is 138 Å². The number of anilines is 2. The Morgan fingerprint density at radius 3 is 2.21 bits per heavy atom. The maximum Gasteiger partial charge on any atom is 0.270 e. The van der Waals surface area contributed by atoms with E-state index < -0.39 is 10.8 Å². The molecule has 0 bridgehead atoms. The van der Waals surface area contributed by atoms with Gasteiger partial charge in [0.05, 0.1) is 24.7 Å². The topological polar surface area (TPSA) is 103 Å². The van der Waals surface area contributed by atoms with Crippen molar-refractivity contribution in [3.05, 3.63) is 52.1 Å². The van der Waals surface area contributed by atoms with E-state index in [4.69, 9.17) is 9.47 Å². The van der Waals surface area contributed by atoms with Crippen LogP contribution in [0.25, 0.3) is 0 Å². The fourth-order valence-corrected chi connectivity index (χ4v) is 2.13. The van der Waals surface area contributed by atoms with Crippen LogP contribution in [0.15, 0.2) is 36.4 Å². The van der Waals surface area contributed by atoms with Crippen molar-refractivity contribution >= 4 is 23.0 Å². The van der Waals surface area contributed by atoms with Crippen molar-refractivity contribution in [1.29, 1.82) is 0 Å². The molecule has 2 aromatic rings. The number of non-ortho nitro benzene ring substituents is 1. The molecule has 0 aliphatic heterocycles. The van der Waals surface area contributed by atoms with Gasteiger partial charge in [-0.3, -0.25) is 14.9 Å². The summed E-state index contributed by atoms with van der Waals surface area (Å²) in [5, 5.41) is 16.4. The average Bonchev–Trinajstić information content (AvgIpc) is 2.60. The zero-order chi connectivity index (χ0) is 17.7. The largest absolute Gasteiger partial charge is 0.497 e. The third-order valence-electron chi connectivity index (χ3n) is 3.34. The number of hydrogen-bond donors (Lipinski definition) is 2. The van der Waals surface area contributed by atoms with Crippen LogP contribution in [0.1, 0.15) is 10.4 Å². The van der Waals surface area contributed by atoms with E-state index in [9.17, 15) is 14.9 Å². The second kappa shape index (κ2) is 7.32. The predicted molar refractivity (Wildman–Crippen MR) is 90.1 cm³/mol. The number of nitrogens with zero attached hydrogens (tertiary/aromatic N) is 1. The first-order chi connectivity index (χ1) is 11.5. The second-order valence-electron chi connectivity index (χ2n) is 4.79. The van der Waals surface area contributed by atoms with Crippen LogP contribution in [0, 0.1) is 10.1 Å². The van der Waals surface area contributed by atoms with E-state index >= 15 is 0 Å². The molecule has 0 saturated carbocycles. The van der Waals surface area contributed by atoms with E-state index in [0.29, 0.717) is 22.9 Å². The summed E-state index contributed by atoms with van der Waals surface area (Å²) in [5.74, 6) is 0.536. The summed E-state index contributed by atoms with van der Waals surface area (Å²) < 4.78 is 10.3. The minimum absolute atomic E-state index is 0.161. The fraction of sp³-hybridized carbons (Fsp3) is 0.188. The molecule has 1 amide bonds. The first-order valence-corrected chi connectivity index (χ1v) is 6.99. The minimum atomic E-state index is -0.551. The lowest BCUT2D eigenvalue weighted by molar-refractivity contribution is -0.384. The van der Waals surface area contributed by atoms with Crippen molar-refractivity contribution < 1.29 is 19.2 Å². The second-order valence-corrected chi connectivity index (χ2v) is 4.79. The number of hydrogen-bond acceptors (Lipinski definition) is 6. The Morgan fingerprint density at radius 2 is 1.71 bits per heavy atom. The number of ether oxygens (including phenoxy) is 2. The van der Waals surface area contributed by atoms with E-state index in [-0.39, 0.29) is 11.3 Å². The van der Waals surface area contributed by atoms with Crippen LogP contribution in [0.2, 0.25) is 0 Å². The molecular weight excluding hydrogens is 314 g/mol. The molecule has 0 radical (unpaired) electrons. The first-order valence-electron chi connectivity index (χ1n) is 6.99. The zero-order valence-corrected chi connectivity index (χ0v) is 13.5. The van der Waals surface area contributed by atoms with Gasteiger partial charge >= 0.3 is 0 Å². The van der Waals surface area contributed by atoms with Crippen molar-refractivity contribution in [2.75, 3.05) is 31.9 Å². The molecule has 0 spiro atoms. The maximum absolute atomic E-state index is 12.5.